The first-order chi connectivity index (χ1) is 11.8. The largest absolute Gasteiger partial charge is 0.491 e. The summed E-state index contributed by atoms with van der Waals surface area (Å²) in [5.74, 6) is 0.928. The van der Waals surface area contributed by atoms with E-state index in [1.165, 1.54) is 0 Å². The Morgan fingerprint density at radius 3 is 2.79 bits per heavy atom. The molecule has 1 unspecified atom stereocenters. The molecule has 0 radical (unpaired) electrons. The fraction of sp³-hybridized carbons (Fsp3) is 0.421. The number of nitrogens with one attached hydrogen (secondary N) is 1. The van der Waals surface area contributed by atoms with Crippen LogP contribution in [0.25, 0.3) is 10.8 Å². The highest BCUT2D eigenvalue weighted by atomic mass is 16.5. The van der Waals surface area contributed by atoms with Crippen LogP contribution in [0, 0.1) is 5.92 Å². The minimum Gasteiger partial charge on any atom is -0.491 e. The Balaban J connectivity index is 1.47. The highest BCUT2D eigenvalue weighted by molar-refractivity contribution is 5.88. The Bertz CT molecular complexity index is 678. The molecule has 0 spiro atoms. The first kappa shape index (κ1) is 16.7. The van der Waals surface area contributed by atoms with E-state index in [-0.39, 0.29) is 11.8 Å². The molecule has 0 aliphatic carbocycles. The van der Waals surface area contributed by atoms with Crippen molar-refractivity contribution >= 4 is 16.7 Å². The van der Waals surface area contributed by atoms with Gasteiger partial charge in [0.05, 0.1) is 12.6 Å². The van der Waals surface area contributed by atoms with Crippen LogP contribution < -0.4 is 15.8 Å². The number of hydrogen-bond acceptors (Lipinski definition) is 4. The molecule has 3 N–H and O–H groups in total. The number of fused-ring (bicyclic) bond motifs is 1. The Hall–Kier alpha value is -2.11. The smallest absolute Gasteiger partial charge is 0.237 e. The number of amides is 1. The summed E-state index contributed by atoms with van der Waals surface area (Å²) in [5.41, 5.74) is 6.05. The van der Waals surface area contributed by atoms with Crippen LogP contribution in [-0.4, -0.2) is 38.3 Å². The number of ether oxygens (including phenoxy) is 2. The first-order valence-corrected chi connectivity index (χ1v) is 8.47. The molecule has 1 saturated heterocycles. The third kappa shape index (κ3) is 4.04. The molecule has 0 bridgehead atoms. The summed E-state index contributed by atoms with van der Waals surface area (Å²) in [5, 5.41) is 5.08. The second-order valence-corrected chi connectivity index (χ2v) is 6.09. The second-order valence-electron chi connectivity index (χ2n) is 6.09. The second kappa shape index (κ2) is 8.13. The van der Waals surface area contributed by atoms with E-state index in [0.717, 1.165) is 29.4 Å². The Morgan fingerprint density at radius 2 is 1.96 bits per heavy atom. The zero-order valence-electron chi connectivity index (χ0n) is 13.7. The molecule has 2 aromatic carbocycles. The van der Waals surface area contributed by atoms with Crippen LogP contribution in [0.3, 0.4) is 0 Å². The van der Waals surface area contributed by atoms with Crippen LogP contribution in [0.15, 0.2) is 42.5 Å². The first-order valence-electron chi connectivity index (χ1n) is 8.47. The van der Waals surface area contributed by atoms with Gasteiger partial charge in [-0.25, -0.2) is 0 Å². The van der Waals surface area contributed by atoms with E-state index in [9.17, 15) is 4.79 Å². The van der Waals surface area contributed by atoms with Gasteiger partial charge in [-0.15, -0.1) is 0 Å². The number of benzene rings is 2. The third-order valence-corrected chi connectivity index (χ3v) is 4.49. The maximum Gasteiger partial charge on any atom is 0.237 e. The van der Waals surface area contributed by atoms with Gasteiger partial charge in [-0.1, -0.05) is 36.4 Å². The van der Waals surface area contributed by atoms with Gasteiger partial charge in [-0.05, 0) is 30.2 Å². The quantitative estimate of drug-likeness (QED) is 0.796. The molecule has 1 fully saturated rings. The lowest BCUT2D eigenvalue weighted by Gasteiger charge is -2.26. The maximum atomic E-state index is 12.1. The van der Waals surface area contributed by atoms with E-state index < -0.39 is 6.04 Å². The van der Waals surface area contributed by atoms with Crippen molar-refractivity contribution in [2.75, 3.05) is 26.4 Å². The summed E-state index contributed by atoms with van der Waals surface area (Å²) < 4.78 is 11.1. The fourth-order valence-corrected chi connectivity index (χ4v) is 3.06. The number of rotatable bonds is 6. The van der Waals surface area contributed by atoms with Gasteiger partial charge in [-0.3, -0.25) is 4.79 Å². The Kier molecular flexibility index (Phi) is 5.67. The number of carbonyl (C=O) groups is 1. The molecular formula is C19H24N2O3. The number of hydrogen-bond donors (Lipinski definition) is 2. The lowest BCUT2D eigenvalue weighted by atomic mass is 9.92. The van der Waals surface area contributed by atoms with Gasteiger partial charge in [0.25, 0.3) is 0 Å². The molecule has 1 aliphatic rings. The molecular weight excluding hydrogens is 304 g/mol. The zero-order valence-corrected chi connectivity index (χ0v) is 13.7. The summed E-state index contributed by atoms with van der Waals surface area (Å²) in [6, 6.07) is 13.6. The molecule has 128 valence electrons. The molecule has 1 heterocycles. The average molecular weight is 328 g/mol. The van der Waals surface area contributed by atoms with Gasteiger partial charge in [-0.2, -0.15) is 0 Å². The standard InChI is InChI=1S/C19H24N2O3/c20-18(15-8-11-23-12-9-15)19(22)21-10-13-24-17-7-3-5-14-4-1-2-6-16(14)17/h1-7,15,18H,8-13,20H2,(H,21,22). The molecule has 1 amide bonds. The highest BCUT2D eigenvalue weighted by Gasteiger charge is 2.26. The summed E-state index contributed by atoms with van der Waals surface area (Å²) in [6.07, 6.45) is 1.70. The summed E-state index contributed by atoms with van der Waals surface area (Å²) in [7, 11) is 0. The lowest BCUT2D eigenvalue weighted by Crippen LogP contribution is -2.47. The monoisotopic (exact) mass is 328 g/mol. The average Bonchev–Trinajstić information content (AvgIpc) is 2.65. The molecule has 0 aromatic heterocycles. The van der Waals surface area contributed by atoms with Crippen molar-refractivity contribution in [2.24, 2.45) is 11.7 Å². The van der Waals surface area contributed by atoms with Crippen molar-refractivity contribution in [3.8, 4) is 5.75 Å². The summed E-state index contributed by atoms with van der Waals surface area (Å²) in [4.78, 5) is 12.1. The Morgan fingerprint density at radius 1 is 1.21 bits per heavy atom. The predicted octanol–water partition coefficient (Wildman–Crippen LogP) is 2.09. The highest BCUT2D eigenvalue weighted by Crippen LogP contribution is 2.24. The summed E-state index contributed by atoms with van der Waals surface area (Å²) >= 11 is 0. The van der Waals surface area contributed by atoms with Gasteiger partial charge in [0.1, 0.15) is 12.4 Å². The van der Waals surface area contributed by atoms with Crippen molar-refractivity contribution in [2.45, 2.75) is 18.9 Å². The van der Waals surface area contributed by atoms with Crippen LogP contribution in [0.4, 0.5) is 0 Å². The van der Waals surface area contributed by atoms with E-state index >= 15 is 0 Å². The molecule has 1 atom stereocenters. The van der Waals surface area contributed by atoms with Gasteiger partial charge in [0.2, 0.25) is 5.91 Å². The molecule has 5 heteroatoms. The zero-order chi connectivity index (χ0) is 16.8. The molecule has 2 aromatic rings. The van der Waals surface area contributed by atoms with Crippen molar-refractivity contribution < 1.29 is 14.3 Å². The predicted molar refractivity (Wildman–Crippen MR) is 94.0 cm³/mol. The van der Waals surface area contributed by atoms with Gasteiger partial charge >= 0.3 is 0 Å². The van der Waals surface area contributed by atoms with Crippen LogP contribution in [-0.2, 0) is 9.53 Å². The van der Waals surface area contributed by atoms with Gasteiger partial charge in [0, 0.05) is 18.6 Å². The van der Waals surface area contributed by atoms with E-state index in [1.807, 2.05) is 30.3 Å². The normalized spacial score (nSPS) is 16.7. The van der Waals surface area contributed by atoms with Crippen LogP contribution in [0.5, 0.6) is 5.75 Å². The van der Waals surface area contributed by atoms with Gasteiger partial charge < -0.3 is 20.5 Å². The maximum absolute atomic E-state index is 12.1. The molecule has 3 rings (SSSR count). The van der Waals surface area contributed by atoms with Crippen LogP contribution in [0.2, 0.25) is 0 Å². The Labute approximate surface area is 142 Å². The van der Waals surface area contributed by atoms with Gasteiger partial charge in [0.15, 0.2) is 0 Å². The SMILES string of the molecule is NC(C(=O)NCCOc1cccc2ccccc12)C1CCOCC1. The number of carbonyl (C=O) groups excluding carboxylic acids is 1. The molecule has 1 aliphatic heterocycles. The molecule has 0 saturated carbocycles. The third-order valence-electron chi connectivity index (χ3n) is 4.49. The minimum atomic E-state index is -0.466. The molecule has 24 heavy (non-hydrogen) atoms. The fourth-order valence-electron chi connectivity index (χ4n) is 3.06. The van der Waals surface area contributed by atoms with E-state index in [2.05, 4.69) is 17.4 Å². The number of nitrogens with two attached hydrogens (primary N) is 1. The topological polar surface area (TPSA) is 73.6 Å². The van der Waals surface area contributed by atoms with Crippen LogP contribution >= 0.6 is 0 Å². The van der Waals surface area contributed by atoms with Crippen molar-refractivity contribution in [3.63, 3.8) is 0 Å². The van der Waals surface area contributed by atoms with Crippen molar-refractivity contribution in [3.05, 3.63) is 42.5 Å². The van der Waals surface area contributed by atoms with Crippen molar-refractivity contribution in [1.82, 2.24) is 5.32 Å². The minimum absolute atomic E-state index is 0.108. The van der Waals surface area contributed by atoms with E-state index in [4.69, 9.17) is 15.2 Å². The lowest BCUT2D eigenvalue weighted by molar-refractivity contribution is -0.124. The summed E-state index contributed by atoms with van der Waals surface area (Å²) in [6.45, 7) is 2.24. The van der Waals surface area contributed by atoms with Crippen molar-refractivity contribution in [1.29, 1.82) is 0 Å². The van der Waals surface area contributed by atoms with Crippen LogP contribution in [0.1, 0.15) is 12.8 Å². The molecule has 5 nitrogen and oxygen atoms in total. The van der Waals surface area contributed by atoms with E-state index in [1.54, 1.807) is 0 Å². The van der Waals surface area contributed by atoms with E-state index in [0.29, 0.717) is 26.4 Å².